The highest BCUT2D eigenvalue weighted by atomic mass is 16.5. The number of fused-ring (bicyclic) bond motifs is 1. The molecule has 1 saturated heterocycles. The molecule has 0 aliphatic carbocycles. The summed E-state index contributed by atoms with van der Waals surface area (Å²) in [6.45, 7) is 2.81. The summed E-state index contributed by atoms with van der Waals surface area (Å²) >= 11 is 0. The van der Waals surface area contributed by atoms with Crippen LogP contribution in [0.4, 0.5) is 5.69 Å². The zero-order chi connectivity index (χ0) is 21.3. The van der Waals surface area contributed by atoms with Crippen molar-refractivity contribution < 1.29 is 23.9 Å². The first-order chi connectivity index (χ1) is 14.5. The Morgan fingerprint density at radius 1 is 1.00 bits per heavy atom. The van der Waals surface area contributed by atoms with Gasteiger partial charge in [-0.2, -0.15) is 0 Å². The Labute approximate surface area is 174 Å². The fourth-order valence-electron chi connectivity index (χ4n) is 4.04. The van der Waals surface area contributed by atoms with Crippen LogP contribution in [-0.4, -0.2) is 48.3 Å². The molecule has 0 bridgehead atoms. The van der Waals surface area contributed by atoms with Crippen molar-refractivity contribution in [2.24, 2.45) is 5.92 Å². The van der Waals surface area contributed by atoms with Gasteiger partial charge >= 0.3 is 5.97 Å². The maximum atomic E-state index is 13.3. The number of nitrogens with zero attached hydrogens (tertiary/aromatic N) is 2. The molecule has 30 heavy (non-hydrogen) atoms. The van der Waals surface area contributed by atoms with E-state index in [1.54, 1.807) is 60.4 Å². The summed E-state index contributed by atoms with van der Waals surface area (Å²) in [6, 6.07) is 13.2. The monoisotopic (exact) mass is 406 g/mol. The molecule has 0 saturated carbocycles. The second kappa shape index (κ2) is 8.10. The number of para-hydroxylation sites is 1. The molecule has 1 atom stereocenters. The fraction of sp³-hybridized carbons (Fsp3) is 0.304. The van der Waals surface area contributed by atoms with E-state index in [0.29, 0.717) is 37.1 Å². The third-order valence-electron chi connectivity index (χ3n) is 5.50. The van der Waals surface area contributed by atoms with Gasteiger partial charge in [0.15, 0.2) is 0 Å². The highest BCUT2D eigenvalue weighted by molar-refractivity contribution is 6.35. The minimum absolute atomic E-state index is 0.256. The Bertz CT molecular complexity index is 997. The van der Waals surface area contributed by atoms with E-state index in [-0.39, 0.29) is 35.6 Å². The molecule has 1 fully saturated rings. The molecular weight excluding hydrogens is 384 g/mol. The number of carbonyl (C=O) groups is 4. The molecule has 2 aromatic rings. The number of likely N-dealkylation sites (tertiary alicyclic amines) is 1. The van der Waals surface area contributed by atoms with Crippen LogP contribution < -0.4 is 4.90 Å². The average molecular weight is 406 g/mol. The van der Waals surface area contributed by atoms with Gasteiger partial charge in [0.1, 0.15) is 0 Å². The summed E-state index contributed by atoms with van der Waals surface area (Å²) in [5.74, 6) is -1.87. The van der Waals surface area contributed by atoms with Crippen LogP contribution in [-0.2, 0) is 9.53 Å². The number of esters is 1. The van der Waals surface area contributed by atoms with Gasteiger partial charge in [-0.1, -0.05) is 24.3 Å². The van der Waals surface area contributed by atoms with Crippen LogP contribution in [0.2, 0.25) is 0 Å². The topological polar surface area (TPSA) is 84.0 Å². The Balaban J connectivity index is 1.63. The highest BCUT2D eigenvalue weighted by Crippen LogP contribution is 2.32. The van der Waals surface area contributed by atoms with Gasteiger partial charge in [-0.05, 0) is 44.0 Å². The number of ether oxygens (including phenoxy) is 1. The molecule has 2 aliphatic rings. The van der Waals surface area contributed by atoms with Gasteiger partial charge in [-0.15, -0.1) is 0 Å². The molecule has 0 radical (unpaired) electrons. The molecule has 0 aromatic heterocycles. The van der Waals surface area contributed by atoms with Gasteiger partial charge < -0.3 is 9.64 Å². The van der Waals surface area contributed by atoms with Gasteiger partial charge in [-0.25, -0.2) is 4.90 Å². The van der Waals surface area contributed by atoms with E-state index in [1.807, 2.05) is 0 Å². The number of piperidine rings is 1. The Morgan fingerprint density at radius 2 is 1.63 bits per heavy atom. The number of benzene rings is 2. The van der Waals surface area contributed by atoms with E-state index in [2.05, 4.69) is 0 Å². The van der Waals surface area contributed by atoms with Crippen molar-refractivity contribution in [1.82, 2.24) is 4.90 Å². The first-order valence-electron chi connectivity index (χ1n) is 10.1. The Kier molecular flexibility index (Phi) is 5.35. The summed E-state index contributed by atoms with van der Waals surface area (Å²) in [6.07, 6.45) is 1.35. The highest BCUT2D eigenvalue weighted by Gasteiger charge is 2.39. The number of amides is 3. The molecule has 2 aliphatic heterocycles. The van der Waals surface area contributed by atoms with Crippen LogP contribution in [0, 0.1) is 5.92 Å². The number of rotatable bonds is 4. The first-order valence-corrected chi connectivity index (χ1v) is 10.1. The van der Waals surface area contributed by atoms with E-state index < -0.39 is 11.8 Å². The molecule has 2 heterocycles. The summed E-state index contributed by atoms with van der Waals surface area (Å²) in [5, 5.41) is 0. The van der Waals surface area contributed by atoms with Gasteiger partial charge in [0.05, 0.1) is 34.9 Å². The zero-order valence-electron chi connectivity index (χ0n) is 16.7. The number of hydrogen-bond donors (Lipinski definition) is 0. The molecule has 3 amide bonds. The smallest absolute Gasteiger partial charge is 0.310 e. The van der Waals surface area contributed by atoms with Crippen molar-refractivity contribution in [3.8, 4) is 0 Å². The zero-order valence-corrected chi connectivity index (χ0v) is 16.7. The minimum atomic E-state index is -0.445. The molecule has 0 spiro atoms. The Hall–Kier alpha value is -3.48. The number of anilines is 1. The minimum Gasteiger partial charge on any atom is -0.466 e. The van der Waals surface area contributed by atoms with E-state index >= 15 is 0 Å². The van der Waals surface area contributed by atoms with Crippen LogP contribution in [0.1, 0.15) is 50.8 Å². The van der Waals surface area contributed by atoms with Gasteiger partial charge in [-0.3, -0.25) is 19.2 Å². The van der Waals surface area contributed by atoms with Crippen molar-refractivity contribution in [3.63, 3.8) is 0 Å². The van der Waals surface area contributed by atoms with Crippen molar-refractivity contribution in [2.45, 2.75) is 19.8 Å². The summed E-state index contributed by atoms with van der Waals surface area (Å²) < 4.78 is 5.11. The summed E-state index contributed by atoms with van der Waals surface area (Å²) in [7, 11) is 0. The Morgan fingerprint density at radius 3 is 2.30 bits per heavy atom. The first kappa shape index (κ1) is 19.8. The largest absolute Gasteiger partial charge is 0.466 e. The van der Waals surface area contributed by atoms with Gasteiger partial charge in [0.2, 0.25) is 0 Å². The molecular formula is C23H22N2O5. The summed E-state index contributed by atoms with van der Waals surface area (Å²) in [4.78, 5) is 53.9. The average Bonchev–Trinajstić information content (AvgIpc) is 3.04. The lowest BCUT2D eigenvalue weighted by atomic mass is 9.97. The normalized spacial score (nSPS) is 18.4. The van der Waals surface area contributed by atoms with Crippen LogP contribution in [0.3, 0.4) is 0 Å². The van der Waals surface area contributed by atoms with Crippen molar-refractivity contribution >= 4 is 29.4 Å². The van der Waals surface area contributed by atoms with Crippen LogP contribution in [0.5, 0.6) is 0 Å². The van der Waals surface area contributed by atoms with Crippen molar-refractivity contribution in [2.75, 3.05) is 24.6 Å². The molecule has 7 heteroatoms. The SMILES string of the molecule is CCOC(=O)C1CCCN(C(=O)c2ccccc2N2C(=O)c3ccccc3C2=O)C1. The number of hydrogen-bond acceptors (Lipinski definition) is 5. The number of imide groups is 1. The van der Waals surface area contributed by atoms with Crippen LogP contribution >= 0.6 is 0 Å². The van der Waals surface area contributed by atoms with E-state index in [9.17, 15) is 19.2 Å². The predicted molar refractivity (Wildman–Crippen MR) is 109 cm³/mol. The molecule has 2 aromatic carbocycles. The standard InChI is InChI=1S/C23H22N2O5/c1-2-30-23(29)15-8-7-13-24(14-15)20(26)18-11-5-6-12-19(18)25-21(27)16-9-3-4-10-17(16)22(25)28/h3-6,9-12,15H,2,7-8,13-14H2,1H3. The second-order valence-corrected chi connectivity index (χ2v) is 7.35. The molecule has 0 N–H and O–H groups in total. The van der Waals surface area contributed by atoms with Gasteiger partial charge in [0, 0.05) is 13.1 Å². The maximum Gasteiger partial charge on any atom is 0.310 e. The van der Waals surface area contributed by atoms with E-state index in [0.717, 1.165) is 4.90 Å². The van der Waals surface area contributed by atoms with E-state index in [4.69, 9.17) is 4.74 Å². The lowest BCUT2D eigenvalue weighted by Gasteiger charge is -2.32. The lowest BCUT2D eigenvalue weighted by Crippen LogP contribution is -2.43. The predicted octanol–water partition coefficient (Wildman–Crippen LogP) is 2.90. The van der Waals surface area contributed by atoms with Crippen molar-refractivity contribution in [1.29, 1.82) is 0 Å². The number of carbonyl (C=O) groups excluding carboxylic acids is 4. The fourth-order valence-corrected chi connectivity index (χ4v) is 4.04. The maximum absolute atomic E-state index is 13.3. The molecule has 4 rings (SSSR count). The van der Waals surface area contributed by atoms with Gasteiger partial charge in [0.25, 0.3) is 17.7 Å². The van der Waals surface area contributed by atoms with Crippen LogP contribution in [0.25, 0.3) is 0 Å². The van der Waals surface area contributed by atoms with Crippen LogP contribution in [0.15, 0.2) is 48.5 Å². The molecule has 154 valence electrons. The molecule has 7 nitrogen and oxygen atoms in total. The van der Waals surface area contributed by atoms with Crippen molar-refractivity contribution in [3.05, 3.63) is 65.2 Å². The lowest BCUT2D eigenvalue weighted by molar-refractivity contribution is -0.149. The summed E-state index contributed by atoms with van der Waals surface area (Å²) in [5.41, 5.74) is 1.17. The third kappa shape index (κ3) is 3.36. The quantitative estimate of drug-likeness (QED) is 0.576. The molecule has 1 unspecified atom stereocenters. The second-order valence-electron chi connectivity index (χ2n) is 7.35. The third-order valence-corrected chi connectivity index (χ3v) is 5.50. The van der Waals surface area contributed by atoms with E-state index in [1.165, 1.54) is 0 Å².